The van der Waals surface area contributed by atoms with Crippen LogP contribution in [-0.4, -0.2) is 27.5 Å². The number of amides is 1. The van der Waals surface area contributed by atoms with Crippen LogP contribution in [0.4, 0.5) is 0 Å². The number of pyridine rings is 1. The van der Waals surface area contributed by atoms with Gasteiger partial charge in [0, 0.05) is 32.1 Å². The first kappa shape index (κ1) is 19.4. The molecule has 4 rings (SSSR count). The Morgan fingerprint density at radius 1 is 1.10 bits per heavy atom. The van der Waals surface area contributed by atoms with Crippen LogP contribution in [0.1, 0.15) is 17.0 Å². The lowest BCUT2D eigenvalue weighted by atomic mass is 10.0. The fraction of sp³-hybridized carbons (Fsp3) is 0.125. The van der Waals surface area contributed by atoms with E-state index < -0.39 is 0 Å². The van der Waals surface area contributed by atoms with E-state index in [1.54, 1.807) is 19.4 Å². The number of aromatic nitrogens is 3. The largest absolute Gasteiger partial charge is 0.486 e. The first-order valence-electron chi connectivity index (χ1n) is 9.63. The van der Waals surface area contributed by atoms with Crippen LogP contribution in [0.15, 0.2) is 73.1 Å². The van der Waals surface area contributed by atoms with Crippen molar-refractivity contribution in [3.63, 3.8) is 0 Å². The van der Waals surface area contributed by atoms with Gasteiger partial charge in [-0.05, 0) is 47.5 Å². The lowest BCUT2D eigenvalue weighted by molar-refractivity contribution is -0.115. The van der Waals surface area contributed by atoms with Crippen LogP contribution in [0.5, 0.6) is 5.75 Å². The molecule has 1 amide bonds. The molecule has 0 aliphatic heterocycles. The van der Waals surface area contributed by atoms with Crippen molar-refractivity contribution in [2.45, 2.75) is 6.61 Å². The predicted molar refractivity (Wildman–Crippen MR) is 118 cm³/mol. The monoisotopic (exact) mass is 398 g/mol. The van der Waals surface area contributed by atoms with Gasteiger partial charge in [0.05, 0.1) is 11.0 Å². The van der Waals surface area contributed by atoms with E-state index in [9.17, 15) is 4.79 Å². The molecule has 1 N–H and O–H groups in total. The molecule has 0 bridgehead atoms. The minimum absolute atomic E-state index is 0.160. The number of fused-ring (bicyclic) bond motifs is 1. The summed E-state index contributed by atoms with van der Waals surface area (Å²) >= 11 is 0. The summed E-state index contributed by atoms with van der Waals surface area (Å²) < 4.78 is 7.96. The number of imidazole rings is 1. The van der Waals surface area contributed by atoms with Gasteiger partial charge in [-0.15, -0.1) is 0 Å². The van der Waals surface area contributed by atoms with Gasteiger partial charge in [-0.1, -0.05) is 30.3 Å². The molecule has 0 saturated heterocycles. The van der Waals surface area contributed by atoms with Crippen LogP contribution in [-0.2, 0) is 18.4 Å². The Morgan fingerprint density at radius 3 is 2.60 bits per heavy atom. The van der Waals surface area contributed by atoms with Gasteiger partial charge < -0.3 is 14.6 Å². The van der Waals surface area contributed by atoms with Crippen LogP contribution >= 0.6 is 0 Å². The van der Waals surface area contributed by atoms with Crippen molar-refractivity contribution >= 4 is 28.6 Å². The summed E-state index contributed by atoms with van der Waals surface area (Å²) in [6.07, 6.45) is 5.24. The summed E-state index contributed by atoms with van der Waals surface area (Å²) in [5.74, 6) is 1.40. The van der Waals surface area contributed by atoms with Gasteiger partial charge in [-0.2, -0.15) is 0 Å². The molecule has 0 aliphatic carbocycles. The molecular formula is C24H22N4O2. The molecule has 0 atom stereocenters. The van der Waals surface area contributed by atoms with E-state index >= 15 is 0 Å². The van der Waals surface area contributed by atoms with E-state index in [1.165, 1.54) is 0 Å². The highest BCUT2D eigenvalue weighted by molar-refractivity contribution is 6.24. The maximum atomic E-state index is 12.4. The number of carbonyl (C=O) groups excluding carboxylic acids is 1. The number of para-hydroxylation sites is 2. The highest BCUT2D eigenvalue weighted by Crippen LogP contribution is 2.22. The second-order valence-corrected chi connectivity index (χ2v) is 6.81. The van der Waals surface area contributed by atoms with E-state index in [4.69, 9.17) is 4.74 Å². The van der Waals surface area contributed by atoms with E-state index in [0.29, 0.717) is 17.9 Å². The van der Waals surface area contributed by atoms with Crippen LogP contribution in [0.3, 0.4) is 0 Å². The number of likely N-dealkylation sites (N-methyl/N-ethyl adjacent to an activating group) is 1. The fourth-order valence-electron chi connectivity index (χ4n) is 3.25. The zero-order valence-corrected chi connectivity index (χ0v) is 16.9. The van der Waals surface area contributed by atoms with Crippen LogP contribution in [0, 0.1) is 0 Å². The zero-order chi connectivity index (χ0) is 20.9. The standard InChI is InChI=1S/C24H22N4O2/c1-25-24(29)20(14-17-6-5-13-26-15-17)18-9-11-19(12-10-18)30-16-23-27-21-7-3-4-8-22(21)28(23)2/h3-15H,16H2,1-2H3,(H,25,29). The SMILES string of the molecule is CNC(=O)C(=Cc1cccnc1)c1ccc(OCc2nc3ccccc3n2C)cc1. The second-order valence-electron chi connectivity index (χ2n) is 6.81. The number of carbonyl (C=O) groups is 1. The first-order valence-corrected chi connectivity index (χ1v) is 9.63. The Bertz CT molecular complexity index is 1200. The molecule has 2 heterocycles. The van der Waals surface area contributed by atoms with Crippen molar-refractivity contribution < 1.29 is 9.53 Å². The van der Waals surface area contributed by atoms with Crippen molar-refractivity contribution in [3.8, 4) is 5.75 Å². The Hall–Kier alpha value is -3.93. The molecule has 0 spiro atoms. The molecule has 0 saturated carbocycles. The molecule has 4 aromatic rings. The third-order valence-corrected chi connectivity index (χ3v) is 4.88. The number of nitrogens with one attached hydrogen (secondary N) is 1. The van der Waals surface area contributed by atoms with Gasteiger partial charge in [0.15, 0.2) is 0 Å². The quantitative estimate of drug-likeness (QED) is 0.501. The Labute approximate surface area is 174 Å². The maximum Gasteiger partial charge on any atom is 0.251 e. The molecule has 6 nitrogen and oxygen atoms in total. The van der Waals surface area contributed by atoms with Gasteiger partial charge in [0.1, 0.15) is 18.2 Å². The van der Waals surface area contributed by atoms with E-state index in [2.05, 4.69) is 15.3 Å². The summed E-state index contributed by atoms with van der Waals surface area (Å²) in [5.41, 5.74) is 4.24. The Morgan fingerprint density at radius 2 is 1.90 bits per heavy atom. The summed E-state index contributed by atoms with van der Waals surface area (Å²) in [5, 5.41) is 2.69. The number of benzene rings is 2. The number of aryl methyl sites for hydroxylation is 1. The summed E-state index contributed by atoms with van der Waals surface area (Å²) in [6, 6.07) is 19.2. The molecule has 0 fully saturated rings. The minimum Gasteiger partial charge on any atom is -0.486 e. The summed E-state index contributed by atoms with van der Waals surface area (Å²) in [7, 11) is 3.60. The number of hydrogen-bond donors (Lipinski definition) is 1. The molecule has 6 heteroatoms. The third-order valence-electron chi connectivity index (χ3n) is 4.88. The topological polar surface area (TPSA) is 69.0 Å². The minimum atomic E-state index is -0.160. The fourth-order valence-corrected chi connectivity index (χ4v) is 3.25. The lowest BCUT2D eigenvalue weighted by Gasteiger charge is -2.10. The number of rotatable bonds is 6. The smallest absolute Gasteiger partial charge is 0.251 e. The predicted octanol–water partition coefficient (Wildman–Crippen LogP) is 3.83. The molecule has 0 radical (unpaired) electrons. The number of hydrogen-bond acceptors (Lipinski definition) is 4. The first-order chi connectivity index (χ1) is 14.7. The Balaban J connectivity index is 1.53. The zero-order valence-electron chi connectivity index (χ0n) is 16.9. The highest BCUT2D eigenvalue weighted by Gasteiger charge is 2.12. The normalized spacial score (nSPS) is 11.5. The van der Waals surface area contributed by atoms with Gasteiger partial charge >= 0.3 is 0 Å². The van der Waals surface area contributed by atoms with Crippen molar-refractivity contribution in [2.24, 2.45) is 7.05 Å². The molecule has 30 heavy (non-hydrogen) atoms. The summed E-state index contributed by atoms with van der Waals surface area (Å²) in [4.78, 5) is 21.1. The van der Waals surface area contributed by atoms with E-state index in [-0.39, 0.29) is 5.91 Å². The van der Waals surface area contributed by atoms with Crippen LogP contribution < -0.4 is 10.1 Å². The van der Waals surface area contributed by atoms with Gasteiger partial charge in [-0.25, -0.2) is 4.98 Å². The average molecular weight is 398 g/mol. The highest BCUT2D eigenvalue weighted by atomic mass is 16.5. The molecule has 0 unspecified atom stereocenters. The van der Waals surface area contributed by atoms with Crippen LogP contribution in [0.2, 0.25) is 0 Å². The van der Waals surface area contributed by atoms with Gasteiger partial charge in [0.2, 0.25) is 0 Å². The lowest BCUT2D eigenvalue weighted by Crippen LogP contribution is -2.19. The number of nitrogens with zero attached hydrogens (tertiary/aromatic N) is 3. The van der Waals surface area contributed by atoms with E-state index in [1.807, 2.05) is 78.4 Å². The average Bonchev–Trinajstić information content (AvgIpc) is 3.12. The third kappa shape index (κ3) is 4.07. The molecule has 150 valence electrons. The molecule has 2 aromatic carbocycles. The summed E-state index contributed by atoms with van der Waals surface area (Å²) in [6.45, 7) is 0.359. The number of ether oxygens (including phenoxy) is 1. The molecular weight excluding hydrogens is 376 g/mol. The second kappa shape index (κ2) is 8.61. The molecule has 2 aromatic heterocycles. The maximum absolute atomic E-state index is 12.4. The van der Waals surface area contributed by atoms with Crippen molar-refractivity contribution in [1.29, 1.82) is 0 Å². The van der Waals surface area contributed by atoms with Crippen molar-refractivity contribution in [2.75, 3.05) is 7.05 Å². The van der Waals surface area contributed by atoms with Gasteiger partial charge in [-0.3, -0.25) is 9.78 Å². The van der Waals surface area contributed by atoms with Crippen LogP contribution in [0.25, 0.3) is 22.7 Å². The van der Waals surface area contributed by atoms with Gasteiger partial charge in [0.25, 0.3) is 5.91 Å². The van der Waals surface area contributed by atoms with Crippen molar-refractivity contribution in [3.05, 3.63) is 90.0 Å². The van der Waals surface area contributed by atoms with E-state index in [0.717, 1.165) is 28.0 Å². The molecule has 0 aliphatic rings. The van der Waals surface area contributed by atoms with Crippen molar-refractivity contribution in [1.82, 2.24) is 19.9 Å². The Kier molecular flexibility index (Phi) is 5.57.